The van der Waals surface area contributed by atoms with Crippen LogP contribution in [0.25, 0.3) is 0 Å². The van der Waals surface area contributed by atoms with Gasteiger partial charge >= 0.3 is 0 Å². The zero-order valence-corrected chi connectivity index (χ0v) is 17.8. The maximum atomic E-state index is 12.8. The number of nitrogens with one attached hydrogen (secondary N) is 1. The van der Waals surface area contributed by atoms with Gasteiger partial charge in [-0.2, -0.15) is 4.72 Å². The Morgan fingerprint density at radius 1 is 1.12 bits per heavy atom. The van der Waals surface area contributed by atoms with Gasteiger partial charge < -0.3 is 4.57 Å². The summed E-state index contributed by atoms with van der Waals surface area (Å²) in [6.45, 7) is 0. The highest BCUT2D eigenvalue weighted by atomic mass is 35.6. The molecule has 0 saturated carbocycles. The van der Waals surface area contributed by atoms with E-state index in [2.05, 4.69) is 4.72 Å². The molecule has 0 amide bonds. The number of hydrogen-bond donors (Lipinski definition) is 1. The number of aryl methyl sites for hydroxylation is 1. The summed E-state index contributed by atoms with van der Waals surface area (Å²) in [7, 11) is -2.03. The average molecular weight is 456 g/mol. The molecule has 0 spiro atoms. The van der Waals surface area contributed by atoms with Gasteiger partial charge in [-0.25, -0.2) is 8.42 Å². The molecular formula is C17H18Cl4N2O2S. The monoisotopic (exact) mass is 454 g/mol. The lowest BCUT2D eigenvalue weighted by Crippen LogP contribution is -2.37. The van der Waals surface area contributed by atoms with E-state index in [4.69, 9.17) is 46.4 Å². The van der Waals surface area contributed by atoms with Gasteiger partial charge in [-0.05, 0) is 61.6 Å². The Balaban J connectivity index is 2.00. The zero-order valence-electron chi connectivity index (χ0n) is 14.0. The molecule has 1 aliphatic rings. The van der Waals surface area contributed by atoms with Crippen molar-refractivity contribution >= 4 is 56.4 Å². The van der Waals surface area contributed by atoms with Crippen molar-refractivity contribution < 1.29 is 8.42 Å². The quantitative estimate of drug-likeness (QED) is 0.663. The molecule has 0 radical (unpaired) electrons. The first kappa shape index (κ1) is 20.3. The van der Waals surface area contributed by atoms with Crippen LogP contribution in [0, 0.1) is 0 Å². The van der Waals surface area contributed by atoms with Gasteiger partial charge in [0.15, 0.2) is 0 Å². The number of aromatic nitrogens is 1. The largest absolute Gasteiger partial charge is 0.350 e. The van der Waals surface area contributed by atoms with Crippen molar-refractivity contribution in [3.8, 4) is 0 Å². The Hall–Kier alpha value is -0.430. The maximum Gasteiger partial charge on any atom is 0.241 e. The molecule has 142 valence electrons. The Morgan fingerprint density at radius 3 is 2.31 bits per heavy atom. The van der Waals surface area contributed by atoms with Crippen LogP contribution >= 0.6 is 46.4 Å². The van der Waals surface area contributed by atoms with Crippen LogP contribution in [-0.4, -0.2) is 16.8 Å². The highest BCUT2D eigenvalue weighted by molar-refractivity contribution is 7.89. The van der Waals surface area contributed by atoms with Crippen molar-refractivity contribution in [3.63, 3.8) is 0 Å². The molecule has 2 aromatic rings. The summed E-state index contributed by atoms with van der Waals surface area (Å²) in [6.07, 6.45) is 4.08. The van der Waals surface area contributed by atoms with E-state index in [1.807, 2.05) is 17.7 Å². The highest BCUT2D eigenvalue weighted by Gasteiger charge is 2.40. The second-order valence-electron chi connectivity index (χ2n) is 6.36. The summed E-state index contributed by atoms with van der Waals surface area (Å²) in [6, 6.07) is 6.74. The SMILES string of the molecule is Cn1c(C(NS(=O)(=O)c2ccc(Cl)cc2)C(Cl)(Cl)Cl)cc2c1CCCC2. The standard InChI is InChI=1S/C17H18Cl4N2O2S/c1-23-14-5-3-2-4-11(14)10-15(23)16(17(19,20)21)22-26(24,25)13-8-6-12(18)7-9-13/h6-10,16,22H,2-5H2,1H3. The number of hydrogen-bond acceptors (Lipinski definition) is 2. The summed E-state index contributed by atoms with van der Waals surface area (Å²) in [5.41, 5.74) is 2.98. The van der Waals surface area contributed by atoms with Crippen molar-refractivity contribution in [1.29, 1.82) is 0 Å². The van der Waals surface area contributed by atoms with E-state index in [0.29, 0.717) is 10.7 Å². The smallest absolute Gasteiger partial charge is 0.241 e. The van der Waals surface area contributed by atoms with Gasteiger partial charge in [0.05, 0.1) is 4.90 Å². The van der Waals surface area contributed by atoms with E-state index < -0.39 is 19.9 Å². The van der Waals surface area contributed by atoms with Crippen molar-refractivity contribution in [2.45, 2.75) is 40.4 Å². The number of alkyl halides is 3. The predicted octanol–water partition coefficient (Wildman–Crippen LogP) is 4.95. The Labute approximate surface area is 173 Å². The summed E-state index contributed by atoms with van der Waals surface area (Å²) < 4.78 is 28.2. The fraction of sp³-hybridized carbons (Fsp3) is 0.412. The summed E-state index contributed by atoms with van der Waals surface area (Å²) >= 11 is 24.3. The third-order valence-corrected chi connectivity index (χ3v) is 6.96. The molecule has 0 bridgehead atoms. The van der Waals surface area contributed by atoms with Crippen LogP contribution in [0.5, 0.6) is 0 Å². The van der Waals surface area contributed by atoms with E-state index in [0.717, 1.165) is 31.4 Å². The highest BCUT2D eigenvalue weighted by Crippen LogP contribution is 2.42. The van der Waals surface area contributed by atoms with Crippen LogP contribution in [0.15, 0.2) is 35.2 Å². The van der Waals surface area contributed by atoms with Gasteiger partial charge in [0, 0.05) is 23.5 Å². The van der Waals surface area contributed by atoms with Crippen LogP contribution < -0.4 is 4.72 Å². The summed E-state index contributed by atoms with van der Waals surface area (Å²) in [4.78, 5) is 0.0557. The van der Waals surface area contributed by atoms with Crippen LogP contribution in [0.4, 0.5) is 0 Å². The molecular weight excluding hydrogens is 438 g/mol. The molecule has 4 nitrogen and oxygen atoms in total. The third kappa shape index (κ3) is 4.18. The Kier molecular flexibility index (Phi) is 5.88. The van der Waals surface area contributed by atoms with Gasteiger partial charge in [-0.1, -0.05) is 46.4 Å². The summed E-state index contributed by atoms with van der Waals surface area (Å²) in [5.74, 6) is 0. The number of fused-ring (bicyclic) bond motifs is 1. The van der Waals surface area contributed by atoms with Crippen LogP contribution in [0.2, 0.25) is 5.02 Å². The number of rotatable bonds is 4. The first-order valence-electron chi connectivity index (χ1n) is 8.11. The molecule has 9 heteroatoms. The van der Waals surface area contributed by atoms with Gasteiger partial charge in [0.1, 0.15) is 6.04 Å². The zero-order chi connectivity index (χ0) is 19.1. The molecule has 1 aromatic carbocycles. The lowest BCUT2D eigenvalue weighted by atomic mass is 9.98. The minimum atomic E-state index is -3.90. The second-order valence-corrected chi connectivity index (χ2v) is 10.9. The molecule has 1 aliphatic carbocycles. The first-order chi connectivity index (χ1) is 12.1. The van der Waals surface area contributed by atoms with Crippen LogP contribution in [0.1, 0.15) is 35.8 Å². The van der Waals surface area contributed by atoms with Crippen molar-refractivity contribution in [3.05, 3.63) is 52.3 Å². The Bertz CT molecular complexity index is 902. The average Bonchev–Trinajstić information content (AvgIpc) is 2.89. The Morgan fingerprint density at radius 2 is 1.73 bits per heavy atom. The van der Waals surface area contributed by atoms with Gasteiger partial charge in [-0.15, -0.1) is 0 Å². The molecule has 3 rings (SSSR count). The van der Waals surface area contributed by atoms with Crippen molar-refractivity contribution in [1.82, 2.24) is 9.29 Å². The lowest BCUT2D eigenvalue weighted by molar-refractivity contribution is 0.543. The molecule has 0 saturated heterocycles. The first-order valence-corrected chi connectivity index (χ1v) is 11.1. The molecule has 1 atom stereocenters. The van der Waals surface area contributed by atoms with E-state index in [9.17, 15) is 8.42 Å². The van der Waals surface area contributed by atoms with Gasteiger partial charge in [0.2, 0.25) is 13.8 Å². The fourth-order valence-corrected chi connectivity index (χ4v) is 5.35. The fourth-order valence-electron chi connectivity index (χ4n) is 3.29. The van der Waals surface area contributed by atoms with E-state index >= 15 is 0 Å². The van der Waals surface area contributed by atoms with Crippen LogP contribution in [-0.2, 0) is 29.9 Å². The number of halogens is 4. The molecule has 0 fully saturated rings. The topological polar surface area (TPSA) is 51.1 Å². The number of sulfonamides is 1. The minimum Gasteiger partial charge on any atom is -0.350 e. The predicted molar refractivity (Wildman–Crippen MR) is 107 cm³/mol. The second kappa shape index (κ2) is 7.53. The number of nitrogens with zero attached hydrogens (tertiary/aromatic N) is 1. The molecule has 1 unspecified atom stereocenters. The van der Waals surface area contributed by atoms with E-state index in [-0.39, 0.29) is 4.90 Å². The minimum absolute atomic E-state index is 0.0557. The van der Waals surface area contributed by atoms with Gasteiger partial charge in [-0.3, -0.25) is 0 Å². The maximum absolute atomic E-state index is 12.8. The van der Waals surface area contributed by atoms with E-state index in [1.165, 1.54) is 29.8 Å². The molecule has 1 aromatic heterocycles. The van der Waals surface area contributed by atoms with Crippen molar-refractivity contribution in [2.24, 2.45) is 7.05 Å². The molecule has 0 aliphatic heterocycles. The third-order valence-electron chi connectivity index (χ3n) is 4.61. The molecule has 1 heterocycles. The molecule has 1 N–H and O–H groups in total. The summed E-state index contributed by atoms with van der Waals surface area (Å²) in [5, 5.41) is 0.442. The van der Waals surface area contributed by atoms with E-state index in [1.54, 1.807) is 0 Å². The number of benzene rings is 1. The van der Waals surface area contributed by atoms with Gasteiger partial charge in [0.25, 0.3) is 0 Å². The van der Waals surface area contributed by atoms with Crippen LogP contribution in [0.3, 0.4) is 0 Å². The normalized spacial score (nSPS) is 16.3. The lowest BCUT2D eigenvalue weighted by Gasteiger charge is -2.26. The molecule has 26 heavy (non-hydrogen) atoms. The van der Waals surface area contributed by atoms with Crippen molar-refractivity contribution in [2.75, 3.05) is 0 Å².